The third-order valence-corrected chi connectivity index (χ3v) is 3.69. The van der Waals surface area contributed by atoms with Crippen molar-refractivity contribution < 1.29 is 18.3 Å². The number of benzene rings is 2. The summed E-state index contributed by atoms with van der Waals surface area (Å²) in [5.74, 6) is 0.153. The van der Waals surface area contributed by atoms with E-state index in [0.717, 1.165) is 28.2 Å². The lowest BCUT2D eigenvalue weighted by Gasteiger charge is -2.13. The third-order valence-electron chi connectivity index (χ3n) is 2.95. The first kappa shape index (κ1) is 15.6. The van der Waals surface area contributed by atoms with Gasteiger partial charge in [-0.3, -0.25) is 0 Å². The molecule has 6 heteroatoms. The number of hydrogen-bond acceptors (Lipinski definition) is 3. The third kappa shape index (κ3) is 3.64. The van der Waals surface area contributed by atoms with Crippen LogP contribution >= 0.6 is 15.9 Å². The van der Waals surface area contributed by atoms with Gasteiger partial charge < -0.3 is 14.8 Å². The molecule has 2 aromatic rings. The second-order valence-electron chi connectivity index (χ2n) is 4.28. The molecule has 0 saturated carbocycles. The van der Waals surface area contributed by atoms with Gasteiger partial charge in [0.05, 0.1) is 19.9 Å². The fraction of sp³-hybridized carbons (Fsp3) is 0.200. The summed E-state index contributed by atoms with van der Waals surface area (Å²) >= 11 is 3.41. The Kier molecular flexibility index (Phi) is 5.01. The predicted octanol–water partition coefficient (Wildman–Crippen LogP) is 4.36. The molecule has 0 saturated heterocycles. The fourth-order valence-electron chi connectivity index (χ4n) is 1.86. The lowest BCUT2D eigenvalue weighted by Crippen LogP contribution is -2.03. The van der Waals surface area contributed by atoms with Crippen LogP contribution in [-0.4, -0.2) is 14.2 Å². The second kappa shape index (κ2) is 6.76. The molecular formula is C15H14BrF2NO2. The van der Waals surface area contributed by atoms with Crippen molar-refractivity contribution >= 4 is 21.6 Å². The molecule has 21 heavy (non-hydrogen) atoms. The van der Waals surface area contributed by atoms with Crippen molar-refractivity contribution in [3.63, 3.8) is 0 Å². The van der Waals surface area contributed by atoms with Gasteiger partial charge in [0.25, 0.3) is 0 Å². The Labute approximate surface area is 130 Å². The summed E-state index contributed by atoms with van der Waals surface area (Å²) < 4.78 is 37.9. The largest absolute Gasteiger partial charge is 0.493 e. The molecule has 2 rings (SSSR count). The zero-order chi connectivity index (χ0) is 15.4. The summed E-state index contributed by atoms with van der Waals surface area (Å²) in [6.07, 6.45) is 0. The molecule has 2 aromatic carbocycles. The Hall–Kier alpha value is -1.82. The van der Waals surface area contributed by atoms with Gasteiger partial charge in [-0.25, -0.2) is 8.78 Å². The molecule has 3 nitrogen and oxygen atoms in total. The van der Waals surface area contributed by atoms with Gasteiger partial charge >= 0.3 is 0 Å². The van der Waals surface area contributed by atoms with E-state index in [4.69, 9.17) is 9.47 Å². The Balaban J connectivity index is 2.21. The molecule has 0 heterocycles. The maximum atomic E-state index is 13.6. The van der Waals surface area contributed by atoms with Gasteiger partial charge in [0.15, 0.2) is 11.5 Å². The highest BCUT2D eigenvalue weighted by Crippen LogP contribution is 2.33. The summed E-state index contributed by atoms with van der Waals surface area (Å²) in [7, 11) is 3.08. The van der Waals surface area contributed by atoms with E-state index in [2.05, 4.69) is 21.2 Å². The number of anilines is 1. The second-order valence-corrected chi connectivity index (χ2v) is 5.13. The molecule has 0 amide bonds. The molecule has 0 aliphatic heterocycles. The van der Waals surface area contributed by atoms with Crippen LogP contribution in [0.15, 0.2) is 34.8 Å². The molecular weight excluding hydrogens is 344 g/mol. The van der Waals surface area contributed by atoms with Gasteiger partial charge in [0.2, 0.25) is 0 Å². The van der Waals surface area contributed by atoms with Crippen molar-refractivity contribution in [2.24, 2.45) is 0 Å². The smallest absolute Gasteiger partial charge is 0.161 e. The Bertz CT molecular complexity index is 650. The van der Waals surface area contributed by atoms with Gasteiger partial charge in [0, 0.05) is 11.0 Å². The minimum Gasteiger partial charge on any atom is -0.493 e. The predicted molar refractivity (Wildman–Crippen MR) is 80.9 cm³/mol. The SMILES string of the molecule is COc1cc(Br)c(CNc2cc(F)ccc2F)cc1OC. The maximum absolute atomic E-state index is 13.6. The minimum atomic E-state index is -0.506. The molecule has 1 N–H and O–H groups in total. The highest BCUT2D eigenvalue weighted by molar-refractivity contribution is 9.10. The van der Waals surface area contributed by atoms with Crippen LogP contribution in [0, 0.1) is 11.6 Å². The first-order valence-corrected chi connectivity index (χ1v) is 6.93. The van der Waals surface area contributed by atoms with Crippen molar-refractivity contribution in [2.45, 2.75) is 6.54 Å². The van der Waals surface area contributed by atoms with Crippen LogP contribution in [-0.2, 0) is 6.54 Å². The van der Waals surface area contributed by atoms with Crippen LogP contribution in [0.4, 0.5) is 14.5 Å². The van der Waals surface area contributed by atoms with Crippen LogP contribution in [0.1, 0.15) is 5.56 Å². The normalized spacial score (nSPS) is 10.3. The lowest BCUT2D eigenvalue weighted by atomic mass is 10.2. The van der Waals surface area contributed by atoms with E-state index >= 15 is 0 Å². The first-order chi connectivity index (χ1) is 10.0. The van der Waals surface area contributed by atoms with Crippen LogP contribution in [0.2, 0.25) is 0 Å². The molecule has 0 radical (unpaired) electrons. The molecule has 0 aliphatic carbocycles. The average molecular weight is 358 g/mol. The van der Waals surface area contributed by atoms with E-state index in [0.29, 0.717) is 18.0 Å². The van der Waals surface area contributed by atoms with Gasteiger partial charge in [-0.05, 0) is 35.9 Å². The van der Waals surface area contributed by atoms with Crippen molar-refractivity contribution in [1.29, 1.82) is 0 Å². The summed E-state index contributed by atoms with van der Waals surface area (Å²) in [5, 5.41) is 2.86. The number of hydrogen-bond donors (Lipinski definition) is 1. The monoisotopic (exact) mass is 357 g/mol. The molecule has 0 aromatic heterocycles. The molecule has 0 atom stereocenters. The fourth-order valence-corrected chi connectivity index (χ4v) is 2.32. The van der Waals surface area contributed by atoms with E-state index in [1.54, 1.807) is 19.2 Å². The van der Waals surface area contributed by atoms with E-state index in [1.807, 2.05) is 0 Å². The van der Waals surface area contributed by atoms with Crippen LogP contribution in [0.25, 0.3) is 0 Å². The number of nitrogens with one attached hydrogen (secondary N) is 1. The zero-order valence-electron chi connectivity index (χ0n) is 11.5. The summed E-state index contributed by atoms with van der Waals surface area (Å²) in [6, 6.07) is 6.81. The van der Waals surface area contributed by atoms with Gasteiger partial charge in [0.1, 0.15) is 11.6 Å². The van der Waals surface area contributed by atoms with Crippen molar-refractivity contribution in [1.82, 2.24) is 0 Å². The van der Waals surface area contributed by atoms with Crippen LogP contribution in [0.5, 0.6) is 11.5 Å². The van der Waals surface area contributed by atoms with Crippen LogP contribution in [0.3, 0.4) is 0 Å². The number of methoxy groups -OCH3 is 2. The quantitative estimate of drug-likeness (QED) is 0.862. The number of rotatable bonds is 5. The number of ether oxygens (including phenoxy) is 2. The highest BCUT2D eigenvalue weighted by Gasteiger charge is 2.10. The molecule has 0 bridgehead atoms. The highest BCUT2D eigenvalue weighted by atomic mass is 79.9. The summed E-state index contributed by atoms with van der Waals surface area (Å²) in [4.78, 5) is 0. The molecule has 112 valence electrons. The van der Waals surface area contributed by atoms with Gasteiger partial charge in [-0.15, -0.1) is 0 Å². The molecule has 0 unspecified atom stereocenters. The Morgan fingerprint density at radius 1 is 1.05 bits per heavy atom. The average Bonchev–Trinajstić information content (AvgIpc) is 2.48. The summed E-state index contributed by atoms with van der Waals surface area (Å²) in [5.41, 5.74) is 0.938. The number of halogens is 3. The minimum absolute atomic E-state index is 0.108. The van der Waals surface area contributed by atoms with Crippen molar-refractivity contribution in [3.05, 3.63) is 52.0 Å². The Morgan fingerprint density at radius 3 is 2.38 bits per heavy atom. The van der Waals surface area contributed by atoms with E-state index in [9.17, 15) is 8.78 Å². The van der Waals surface area contributed by atoms with Crippen molar-refractivity contribution in [2.75, 3.05) is 19.5 Å². The van der Waals surface area contributed by atoms with Gasteiger partial charge in [-0.2, -0.15) is 0 Å². The maximum Gasteiger partial charge on any atom is 0.161 e. The van der Waals surface area contributed by atoms with E-state index in [1.165, 1.54) is 7.11 Å². The standard InChI is InChI=1S/C15H14BrF2NO2/c1-20-14-5-9(11(16)7-15(14)21-2)8-19-13-6-10(17)3-4-12(13)18/h3-7,19H,8H2,1-2H3. The van der Waals surface area contributed by atoms with Crippen molar-refractivity contribution in [3.8, 4) is 11.5 Å². The molecule has 0 spiro atoms. The molecule has 0 aliphatic rings. The lowest BCUT2D eigenvalue weighted by molar-refractivity contribution is 0.354. The van der Waals surface area contributed by atoms with E-state index in [-0.39, 0.29) is 5.69 Å². The van der Waals surface area contributed by atoms with Crippen LogP contribution < -0.4 is 14.8 Å². The van der Waals surface area contributed by atoms with Gasteiger partial charge in [-0.1, -0.05) is 15.9 Å². The summed E-state index contributed by atoms with van der Waals surface area (Å²) in [6.45, 7) is 0.307. The van der Waals surface area contributed by atoms with E-state index < -0.39 is 11.6 Å². The zero-order valence-corrected chi connectivity index (χ0v) is 13.1. The topological polar surface area (TPSA) is 30.5 Å². The first-order valence-electron chi connectivity index (χ1n) is 6.14. The Morgan fingerprint density at radius 2 is 1.71 bits per heavy atom. The molecule has 0 fully saturated rings.